The molecule has 1 saturated heterocycles. The van der Waals surface area contributed by atoms with Gasteiger partial charge in [-0.2, -0.15) is 0 Å². The van der Waals surface area contributed by atoms with E-state index < -0.39 is 50.7 Å². The van der Waals surface area contributed by atoms with Crippen LogP contribution in [-0.2, 0) is 14.3 Å². The van der Waals surface area contributed by atoms with Gasteiger partial charge in [0.05, 0.1) is 25.7 Å². The second-order valence-electron chi connectivity index (χ2n) is 18.9. The number of hydrogen-bond acceptors (Lipinski definition) is 8. The maximum absolute atomic E-state index is 13.5. The predicted molar refractivity (Wildman–Crippen MR) is 194 cm³/mol. The van der Waals surface area contributed by atoms with Crippen molar-refractivity contribution in [2.45, 2.75) is 125 Å². The van der Waals surface area contributed by atoms with Gasteiger partial charge in [-0.15, -0.1) is 4.68 Å². The molecule has 12 atom stereocenters. The van der Waals surface area contributed by atoms with Crippen molar-refractivity contribution in [3.05, 3.63) is 26.5 Å². The Morgan fingerprint density at radius 3 is 2.46 bits per heavy atom. The standard InChI is InChI=1S/C38H60BrN5O6/c1-21(2)23(5)33(6)15-16-35(8)24-11-12-27-34(7)18-49-20-38(27,25(24)13-14-36(35,9)28(33)30(45)46)17-26(29(34)50-19-37(10,40)22(3)4)43-32(44(47)48)41-31(39)42-43/h13,21-24,26-29H,11-12,14-20,40H2,1-10H3,(H,45,46)/t23-,24+,26-,27+,28-,29+,33-,34+,35-,36+,37+,38?/m1/s1. The molecule has 0 aromatic carbocycles. The van der Waals surface area contributed by atoms with Gasteiger partial charge in [0.15, 0.2) is 0 Å². The molecule has 1 aromatic rings. The van der Waals surface area contributed by atoms with Crippen molar-refractivity contribution in [3.63, 3.8) is 0 Å². The second kappa shape index (κ2) is 12.3. The van der Waals surface area contributed by atoms with Crippen LogP contribution in [-0.4, -0.2) is 62.2 Å². The second-order valence-corrected chi connectivity index (χ2v) is 19.6. The van der Waals surface area contributed by atoms with Gasteiger partial charge < -0.3 is 30.4 Å². The van der Waals surface area contributed by atoms with E-state index in [9.17, 15) is 20.0 Å². The number of nitrogens with two attached hydrogens (primary N) is 1. The van der Waals surface area contributed by atoms with Crippen molar-refractivity contribution >= 4 is 27.8 Å². The van der Waals surface area contributed by atoms with Gasteiger partial charge in [0.1, 0.15) is 12.1 Å². The van der Waals surface area contributed by atoms with Gasteiger partial charge in [-0.3, -0.25) is 4.79 Å². The molecule has 12 heteroatoms. The van der Waals surface area contributed by atoms with E-state index in [0.717, 1.165) is 25.7 Å². The fraction of sp³-hybridized carbons (Fsp3) is 0.868. The van der Waals surface area contributed by atoms with Crippen LogP contribution >= 0.6 is 15.9 Å². The Labute approximate surface area is 306 Å². The van der Waals surface area contributed by atoms with E-state index in [0.29, 0.717) is 32.0 Å². The molecule has 5 aliphatic rings. The van der Waals surface area contributed by atoms with Crippen LogP contribution in [0.2, 0.25) is 0 Å². The Balaban J connectivity index is 1.49. The summed E-state index contributed by atoms with van der Waals surface area (Å²) in [5.41, 5.74) is 5.60. The molecule has 1 aromatic heterocycles. The molecule has 4 aliphatic carbocycles. The molecule has 2 bridgehead atoms. The maximum Gasteiger partial charge on any atom is 0.457 e. The van der Waals surface area contributed by atoms with E-state index >= 15 is 0 Å². The minimum Gasteiger partial charge on any atom is -0.481 e. The van der Waals surface area contributed by atoms with Crippen LogP contribution in [0.1, 0.15) is 114 Å². The molecule has 0 amide bonds. The molecule has 6 rings (SSSR count). The molecule has 4 fully saturated rings. The zero-order valence-corrected chi connectivity index (χ0v) is 33.4. The third-order valence-corrected chi connectivity index (χ3v) is 16.4. The van der Waals surface area contributed by atoms with Gasteiger partial charge in [0, 0.05) is 32.3 Å². The molecule has 3 N–H and O–H groups in total. The molecule has 3 saturated carbocycles. The van der Waals surface area contributed by atoms with Gasteiger partial charge in [0.2, 0.25) is 0 Å². The third kappa shape index (κ3) is 5.22. The van der Waals surface area contributed by atoms with Crippen LogP contribution < -0.4 is 5.73 Å². The SMILES string of the molecule is CC(C)[C@@H](C)[C@@]1(C)CC[C@]2(C)[C@H]3CC[C@@H]4C5(COC[C@]4(C)[C@@H](OC[C@](C)(N)C(C)C)[C@H](n4nc(Br)nc4[N+](=O)[O-])C5)C3=CC[C@@]2(C)[C@@H]1C(=O)O. The monoisotopic (exact) mass is 761 g/mol. The van der Waals surface area contributed by atoms with Gasteiger partial charge >= 0.3 is 16.7 Å². The van der Waals surface area contributed by atoms with E-state index in [1.807, 2.05) is 6.92 Å². The van der Waals surface area contributed by atoms with Crippen molar-refractivity contribution in [1.82, 2.24) is 14.8 Å². The summed E-state index contributed by atoms with van der Waals surface area (Å²) in [5.74, 6) is -0.297. The Kier molecular flexibility index (Phi) is 9.34. The first-order valence-electron chi connectivity index (χ1n) is 18.8. The number of carboxylic acid groups (broad SMARTS) is 1. The number of aromatic nitrogens is 3. The summed E-state index contributed by atoms with van der Waals surface area (Å²) in [6.07, 6.45) is 6.92. The molecule has 1 unspecified atom stereocenters. The molecule has 0 spiro atoms. The van der Waals surface area contributed by atoms with Crippen molar-refractivity contribution < 1.29 is 24.3 Å². The molecule has 11 nitrogen and oxygen atoms in total. The molecular weight excluding hydrogens is 702 g/mol. The number of carboxylic acids is 1. The molecular formula is C38H60BrN5O6. The number of nitro groups is 1. The van der Waals surface area contributed by atoms with Gasteiger partial charge in [0.25, 0.3) is 0 Å². The minimum absolute atomic E-state index is 0.155. The highest BCUT2D eigenvalue weighted by atomic mass is 79.9. The number of carbonyl (C=O) groups is 1. The largest absolute Gasteiger partial charge is 0.481 e. The molecule has 2 heterocycles. The van der Waals surface area contributed by atoms with Crippen molar-refractivity contribution in [2.24, 2.45) is 68.3 Å². The average molecular weight is 763 g/mol. The number of nitrogens with zero attached hydrogens (tertiary/aromatic N) is 4. The first kappa shape index (κ1) is 37.9. The highest BCUT2D eigenvalue weighted by Gasteiger charge is 2.72. The zero-order chi connectivity index (χ0) is 37.0. The minimum atomic E-state index is -0.680. The highest BCUT2D eigenvalue weighted by Crippen LogP contribution is 2.75. The van der Waals surface area contributed by atoms with Gasteiger partial charge in [-0.25, -0.2) is 0 Å². The van der Waals surface area contributed by atoms with Gasteiger partial charge in [-0.05, 0) is 101 Å². The van der Waals surface area contributed by atoms with E-state index in [1.165, 1.54) is 10.3 Å². The summed E-state index contributed by atoms with van der Waals surface area (Å²) < 4.78 is 15.2. The Morgan fingerprint density at radius 1 is 1.18 bits per heavy atom. The Hall–Kier alpha value is -1.89. The summed E-state index contributed by atoms with van der Waals surface area (Å²) in [6.45, 7) is 23.2. The normalized spacial score (nSPS) is 42.9. The molecule has 280 valence electrons. The lowest BCUT2D eigenvalue weighted by molar-refractivity contribution is -0.399. The third-order valence-electron chi connectivity index (χ3n) is 16.0. The van der Waals surface area contributed by atoms with Crippen molar-refractivity contribution in [2.75, 3.05) is 19.8 Å². The average Bonchev–Trinajstić information content (AvgIpc) is 3.41. The zero-order valence-electron chi connectivity index (χ0n) is 31.8. The molecule has 0 radical (unpaired) electrons. The highest BCUT2D eigenvalue weighted by molar-refractivity contribution is 9.10. The lowest BCUT2D eigenvalue weighted by Gasteiger charge is -2.71. The summed E-state index contributed by atoms with van der Waals surface area (Å²) in [5, 5.41) is 28.0. The van der Waals surface area contributed by atoms with Crippen LogP contribution in [0.25, 0.3) is 0 Å². The van der Waals surface area contributed by atoms with Crippen LogP contribution in [0.5, 0.6) is 0 Å². The first-order valence-corrected chi connectivity index (χ1v) is 19.6. The number of ether oxygens (including phenoxy) is 2. The summed E-state index contributed by atoms with van der Waals surface area (Å²) in [4.78, 5) is 29.6. The fourth-order valence-electron chi connectivity index (χ4n) is 12.2. The summed E-state index contributed by atoms with van der Waals surface area (Å²) in [7, 11) is 0. The van der Waals surface area contributed by atoms with E-state index in [-0.39, 0.29) is 51.8 Å². The van der Waals surface area contributed by atoms with Crippen molar-refractivity contribution in [3.8, 4) is 0 Å². The quantitative estimate of drug-likeness (QED) is 0.145. The predicted octanol–water partition coefficient (Wildman–Crippen LogP) is 7.84. The van der Waals surface area contributed by atoms with Crippen LogP contribution in [0.4, 0.5) is 5.95 Å². The van der Waals surface area contributed by atoms with E-state index in [2.05, 4.69) is 94.4 Å². The van der Waals surface area contributed by atoms with E-state index in [4.69, 9.17) is 15.2 Å². The molecule has 50 heavy (non-hydrogen) atoms. The number of hydrogen-bond donors (Lipinski definition) is 2. The first-order chi connectivity index (χ1) is 23.1. The number of aliphatic carboxylic acids is 1. The summed E-state index contributed by atoms with van der Waals surface area (Å²) >= 11 is 3.33. The lowest BCUT2D eigenvalue weighted by atomic mass is 9.34. The Morgan fingerprint density at radius 2 is 1.86 bits per heavy atom. The van der Waals surface area contributed by atoms with Crippen molar-refractivity contribution in [1.29, 1.82) is 0 Å². The Bertz CT molecular complexity index is 1560. The topological polar surface area (TPSA) is 156 Å². The van der Waals surface area contributed by atoms with Crippen LogP contribution in [0.15, 0.2) is 16.4 Å². The number of fused-ring (bicyclic) bond motifs is 3. The fourth-order valence-corrected chi connectivity index (χ4v) is 12.5. The number of halogens is 1. The number of rotatable bonds is 9. The van der Waals surface area contributed by atoms with Crippen LogP contribution in [0.3, 0.4) is 0 Å². The lowest BCUT2D eigenvalue weighted by Crippen LogP contribution is -2.69. The molecule has 1 aliphatic heterocycles. The maximum atomic E-state index is 13.5. The number of allylic oxidation sites excluding steroid dienone is 1. The van der Waals surface area contributed by atoms with Gasteiger partial charge in [-0.1, -0.05) is 79.1 Å². The smallest absolute Gasteiger partial charge is 0.457 e. The summed E-state index contributed by atoms with van der Waals surface area (Å²) in [6, 6.07) is -0.489. The van der Waals surface area contributed by atoms with E-state index in [1.54, 1.807) is 0 Å². The van der Waals surface area contributed by atoms with Crippen LogP contribution in [0, 0.1) is 72.7 Å².